The Kier molecular flexibility index (Phi) is 3.38. The fourth-order valence-corrected chi connectivity index (χ4v) is 2.19. The van der Waals surface area contributed by atoms with E-state index in [1.54, 1.807) is 9.80 Å². The van der Waals surface area contributed by atoms with Gasteiger partial charge in [0.2, 0.25) is 11.8 Å². The molecule has 5 heteroatoms. The molecule has 0 aromatic heterocycles. The van der Waals surface area contributed by atoms with Crippen LogP contribution in [-0.4, -0.2) is 53.8 Å². The third-order valence-corrected chi connectivity index (χ3v) is 3.83. The molecule has 0 aromatic carbocycles. The molecule has 0 aromatic rings. The van der Waals surface area contributed by atoms with E-state index < -0.39 is 0 Å². The molecule has 96 valence electrons. The zero-order valence-electron chi connectivity index (χ0n) is 10.6. The van der Waals surface area contributed by atoms with Crippen LogP contribution in [0.25, 0.3) is 0 Å². The molecule has 2 unspecified atom stereocenters. The van der Waals surface area contributed by atoms with Gasteiger partial charge in [-0.25, -0.2) is 0 Å². The number of carbonyl (C=O) groups is 2. The number of carbonyl (C=O) groups excluding carboxylic acids is 2. The summed E-state index contributed by atoms with van der Waals surface area (Å²) in [5.74, 6) is 0.300. The Labute approximate surface area is 102 Å². The molecule has 2 amide bonds. The van der Waals surface area contributed by atoms with Gasteiger partial charge in [-0.2, -0.15) is 0 Å². The van der Waals surface area contributed by atoms with Gasteiger partial charge >= 0.3 is 0 Å². The highest BCUT2D eigenvalue weighted by Gasteiger charge is 2.34. The fourth-order valence-electron chi connectivity index (χ4n) is 2.19. The van der Waals surface area contributed by atoms with Crippen molar-refractivity contribution in [3.63, 3.8) is 0 Å². The quantitative estimate of drug-likeness (QED) is 0.742. The Hall–Kier alpha value is -1.10. The van der Waals surface area contributed by atoms with Crippen LogP contribution in [0.3, 0.4) is 0 Å². The van der Waals surface area contributed by atoms with E-state index in [-0.39, 0.29) is 30.3 Å². The number of hydrogen-bond donors (Lipinski definition) is 1. The second-order valence-electron chi connectivity index (χ2n) is 5.36. The minimum absolute atomic E-state index is 0.00766. The minimum atomic E-state index is -0.00766. The normalized spacial score (nSPS) is 29.4. The zero-order valence-corrected chi connectivity index (χ0v) is 10.6. The molecule has 0 bridgehead atoms. The van der Waals surface area contributed by atoms with Crippen molar-refractivity contribution in [2.75, 3.05) is 20.1 Å². The number of rotatable bonds is 3. The molecule has 5 nitrogen and oxygen atoms in total. The van der Waals surface area contributed by atoms with Crippen molar-refractivity contribution in [2.24, 2.45) is 11.7 Å². The number of amides is 2. The summed E-state index contributed by atoms with van der Waals surface area (Å²) in [6.45, 7) is 2.68. The predicted octanol–water partition coefficient (Wildman–Crippen LogP) is -0.197. The van der Waals surface area contributed by atoms with Crippen molar-refractivity contribution >= 4 is 11.8 Å². The van der Waals surface area contributed by atoms with Gasteiger partial charge in [0.05, 0.1) is 6.54 Å². The maximum atomic E-state index is 11.9. The molecule has 17 heavy (non-hydrogen) atoms. The number of hydrogen-bond acceptors (Lipinski definition) is 3. The Morgan fingerprint density at radius 2 is 2.18 bits per heavy atom. The van der Waals surface area contributed by atoms with Crippen LogP contribution < -0.4 is 5.73 Å². The van der Waals surface area contributed by atoms with Crippen LogP contribution >= 0.6 is 0 Å². The average Bonchev–Trinajstić information content (AvgIpc) is 3.08. The van der Waals surface area contributed by atoms with Crippen LogP contribution in [0.15, 0.2) is 0 Å². The molecule has 2 rings (SSSR count). The topological polar surface area (TPSA) is 66.6 Å². The second-order valence-corrected chi connectivity index (χ2v) is 5.36. The van der Waals surface area contributed by atoms with Gasteiger partial charge in [0.15, 0.2) is 0 Å². The Balaban J connectivity index is 1.89. The first-order valence-corrected chi connectivity index (χ1v) is 6.28. The van der Waals surface area contributed by atoms with Gasteiger partial charge < -0.3 is 15.5 Å². The van der Waals surface area contributed by atoms with Crippen LogP contribution in [0.1, 0.15) is 26.2 Å². The van der Waals surface area contributed by atoms with Gasteiger partial charge in [0.25, 0.3) is 0 Å². The summed E-state index contributed by atoms with van der Waals surface area (Å²) in [6.07, 6.45) is 2.64. The molecule has 1 aliphatic carbocycles. The average molecular weight is 239 g/mol. The molecule has 2 N–H and O–H groups in total. The molecule has 1 saturated carbocycles. The zero-order chi connectivity index (χ0) is 12.6. The van der Waals surface area contributed by atoms with E-state index in [1.165, 1.54) is 0 Å². The summed E-state index contributed by atoms with van der Waals surface area (Å²) in [5.41, 5.74) is 5.94. The fraction of sp³-hybridized carbons (Fsp3) is 0.833. The molecule has 2 aliphatic rings. The van der Waals surface area contributed by atoms with E-state index >= 15 is 0 Å². The SMILES string of the molecule is CC1CC(=O)N(CC(=O)N(C)C2CC2)CC1N. The highest BCUT2D eigenvalue weighted by atomic mass is 16.2. The summed E-state index contributed by atoms with van der Waals surface area (Å²) in [6, 6.07) is 0.390. The maximum absolute atomic E-state index is 11.9. The van der Waals surface area contributed by atoms with Crippen molar-refractivity contribution in [3.05, 3.63) is 0 Å². The van der Waals surface area contributed by atoms with Crippen molar-refractivity contribution < 1.29 is 9.59 Å². The van der Waals surface area contributed by atoms with E-state index in [9.17, 15) is 9.59 Å². The van der Waals surface area contributed by atoms with Crippen molar-refractivity contribution in [3.8, 4) is 0 Å². The van der Waals surface area contributed by atoms with Crippen LogP contribution in [0.2, 0.25) is 0 Å². The summed E-state index contributed by atoms with van der Waals surface area (Å²) >= 11 is 0. The number of nitrogens with zero attached hydrogens (tertiary/aromatic N) is 2. The van der Waals surface area contributed by atoms with Crippen molar-refractivity contribution in [2.45, 2.75) is 38.3 Å². The Morgan fingerprint density at radius 1 is 1.53 bits per heavy atom. The lowest BCUT2D eigenvalue weighted by Gasteiger charge is -2.35. The van der Waals surface area contributed by atoms with E-state index in [0.717, 1.165) is 12.8 Å². The van der Waals surface area contributed by atoms with Gasteiger partial charge in [-0.15, -0.1) is 0 Å². The molecule has 2 atom stereocenters. The summed E-state index contributed by atoms with van der Waals surface area (Å²) in [7, 11) is 1.82. The lowest BCUT2D eigenvalue weighted by atomic mass is 9.94. The van der Waals surface area contributed by atoms with E-state index in [4.69, 9.17) is 5.73 Å². The minimum Gasteiger partial charge on any atom is -0.341 e. The number of likely N-dealkylation sites (N-methyl/N-ethyl adjacent to an activating group) is 1. The molecule has 0 radical (unpaired) electrons. The van der Waals surface area contributed by atoms with Crippen LogP contribution in [0, 0.1) is 5.92 Å². The molecular formula is C12H21N3O2. The Bertz CT molecular complexity index is 328. The van der Waals surface area contributed by atoms with Crippen LogP contribution in [0.4, 0.5) is 0 Å². The van der Waals surface area contributed by atoms with E-state index in [1.807, 2.05) is 14.0 Å². The summed E-state index contributed by atoms with van der Waals surface area (Å²) < 4.78 is 0. The molecular weight excluding hydrogens is 218 g/mol. The van der Waals surface area contributed by atoms with Gasteiger partial charge in [-0.05, 0) is 18.8 Å². The second kappa shape index (κ2) is 4.64. The summed E-state index contributed by atoms with van der Waals surface area (Å²) in [4.78, 5) is 27.1. The maximum Gasteiger partial charge on any atom is 0.242 e. The largest absolute Gasteiger partial charge is 0.341 e. The molecule has 1 saturated heterocycles. The van der Waals surface area contributed by atoms with Gasteiger partial charge in [-0.1, -0.05) is 6.92 Å². The van der Waals surface area contributed by atoms with Gasteiger partial charge in [0, 0.05) is 32.1 Å². The smallest absolute Gasteiger partial charge is 0.242 e. The lowest BCUT2D eigenvalue weighted by Crippen LogP contribution is -2.53. The van der Waals surface area contributed by atoms with E-state index in [0.29, 0.717) is 19.0 Å². The molecule has 2 fully saturated rings. The monoisotopic (exact) mass is 239 g/mol. The van der Waals surface area contributed by atoms with Crippen LogP contribution in [0.5, 0.6) is 0 Å². The molecule has 0 spiro atoms. The number of nitrogens with two attached hydrogens (primary N) is 1. The number of piperidine rings is 1. The predicted molar refractivity (Wildman–Crippen MR) is 64.1 cm³/mol. The van der Waals surface area contributed by atoms with Gasteiger partial charge in [-0.3, -0.25) is 9.59 Å². The first-order valence-electron chi connectivity index (χ1n) is 6.28. The number of likely N-dealkylation sites (tertiary alicyclic amines) is 1. The van der Waals surface area contributed by atoms with Gasteiger partial charge in [0.1, 0.15) is 0 Å². The Morgan fingerprint density at radius 3 is 2.76 bits per heavy atom. The first-order chi connectivity index (χ1) is 7.99. The van der Waals surface area contributed by atoms with E-state index in [2.05, 4.69) is 0 Å². The highest BCUT2D eigenvalue weighted by molar-refractivity contribution is 5.85. The standard InChI is InChI=1S/C12H21N3O2/c1-8-5-11(16)15(6-10(8)13)7-12(17)14(2)9-3-4-9/h8-10H,3-7,13H2,1-2H3. The lowest BCUT2D eigenvalue weighted by molar-refractivity contribution is -0.143. The van der Waals surface area contributed by atoms with Crippen LogP contribution in [-0.2, 0) is 9.59 Å². The highest BCUT2D eigenvalue weighted by Crippen LogP contribution is 2.25. The van der Waals surface area contributed by atoms with Crippen molar-refractivity contribution in [1.82, 2.24) is 9.80 Å². The molecule has 1 heterocycles. The first kappa shape index (κ1) is 12.4. The van der Waals surface area contributed by atoms with Crippen molar-refractivity contribution in [1.29, 1.82) is 0 Å². The summed E-state index contributed by atoms with van der Waals surface area (Å²) in [5, 5.41) is 0. The molecule has 1 aliphatic heterocycles. The third-order valence-electron chi connectivity index (χ3n) is 3.83. The third kappa shape index (κ3) is 2.77.